The normalized spacial score (nSPS) is 21.2. The van der Waals surface area contributed by atoms with Crippen LogP contribution < -0.4 is 0 Å². The van der Waals surface area contributed by atoms with Crippen LogP contribution in [0, 0.1) is 11.6 Å². The van der Waals surface area contributed by atoms with Gasteiger partial charge in [-0.2, -0.15) is 0 Å². The average molecular weight is 346 g/mol. The summed E-state index contributed by atoms with van der Waals surface area (Å²) in [6.45, 7) is 3.44. The van der Waals surface area contributed by atoms with Crippen LogP contribution in [0.2, 0.25) is 5.02 Å². The Morgan fingerprint density at radius 1 is 1.22 bits per heavy atom. The van der Waals surface area contributed by atoms with Crippen LogP contribution in [0.1, 0.15) is 43.5 Å². The van der Waals surface area contributed by atoms with Crippen molar-refractivity contribution in [3.63, 3.8) is 0 Å². The van der Waals surface area contributed by atoms with Crippen LogP contribution in [0.4, 0.5) is 8.78 Å². The van der Waals surface area contributed by atoms with Crippen LogP contribution in [0.3, 0.4) is 0 Å². The van der Waals surface area contributed by atoms with Gasteiger partial charge in [-0.3, -0.25) is 4.79 Å². The summed E-state index contributed by atoms with van der Waals surface area (Å²) in [6.07, 6.45) is 2.86. The standard InChI is InChI=1S/C16H18ClF2NO3/c1-9-4-3-5-10(2)20(9)15(21)8-23-16(22)11-6-13(18)14(19)7-12(11)17/h6-7,9-10H,3-5,8H2,1-2H3. The smallest absolute Gasteiger partial charge is 0.340 e. The number of hydrogen-bond donors (Lipinski definition) is 0. The molecular weight excluding hydrogens is 328 g/mol. The fourth-order valence-electron chi connectivity index (χ4n) is 2.87. The second kappa shape index (κ2) is 7.25. The molecule has 1 aliphatic heterocycles. The first kappa shape index (κ1) is 17.7. The molecule has 2 unspecified atom stereocenters. The van der Waals surface area contributed by atoms with Gasteiger partial charge in [-0.25, -0.2) is 13.6 Å². The molecule has 2 rings (SSSR count). The summed E-state index contributed by atoms with van der Waals surface area (Å²) in [5.41, 5.74) is -0.307. The topological polar surface area (TPSA) is 46.6 Å². The molecule has 23 heavy (non-hydrogen) atoms. The molecule has 0 aromatic heterocycles. The van der Waals surface area contributed by atoms with Gasteiger partial charge in [-0.1, -0.05) is 11.6 Å². The molecule has 1 saturated heterocycles. The Kier molecular flexibility index (Phi) is 5.57. The van der Waals surface area contributed by atoms with Crippen LogP contribution in [-0.4, -0.2) is 35.5 Å². The maximum atomic E-state index is 13.2. The molecule has 7 heteroatoms. The number of nitrogens with zero attached hydrogens (tertiary/aromatic N) is 1. The van der Waals surface area contributed by atoms with E-state index in [4.69, 9.17) is 16.3 Å². The molecule has 1 aromatic rings. The highest BCUT2D eigenvalue weighted by Gasteiger charge is 2.29. The summed E-state index contributed by atoms with van der Waals surface area (Å²) in [5, 5.41) is -0.263. The van der Waals surface area contributed by atoms with Crippen LogP contribution in [-0.2, 0) is 9.53 Å². The molecule has 1 heterocycles. The van der Waals surface area contributed by atoms with E-state index in [1.54, 1.807) is 4.90 Å². The summed E-state index contributed by atoms with van der Waals surface area (Å²) < 4.78 is 31.1. The van der Waals surface area contributed by atoms with E-state index in [1.165, 1.54) is 0 Å². The fraction of sp³-hybridized carbons (Fsp3) is 0.500. The second-order valence-electron chi connectivity index (χ2n) is 5.75. The number of benzene rings is 1. The predicted octanol–water partition coefficient (Wildman–Crippen LogP) is 3.56. The minimum Gasteiger partial charge on any atom is -0.452 e. The van der Waals surface area contributed by atoms with E-state index in [1.807, 2.05) is 13.8 Å². The third-order valence-electron chi connectivity index (χ3n) is 4.04. The first-order valence-corrected chi connectivity index (χ1v) is 7.82. The Morgan fingerprint density at radius 3 is 2.39 bits per heavy atom. The molecule has 4 nitrogen and oxygen atoms in total. The van der Waals surface area contributed by atoms with E-state index in [0.29, 0.717) is 12.1 Å². The lowest BCUT2D eigenvalue weighted by Crippen LogP contribution is -2.49. The summed E-state index contributed by atoms with van der Waals surface area (Å²) in [4.78, 5) is 25.9. The summed E-state index contributed by atoms with van der Waals surface area (Å²) in [7, 11) is 0. The monoisotopic (exact) mass is 345 g/mol. The molecule has 1 amide bonds. The Bertz CT molecular complexity index is 614. The van der Waals surface area contributed by atoms with Crippen molar-refractivity contribution in [2.24, 2.45) is 0 Å². The van der Waals surface area contributed by atoms with Crippen LogP contribution in [0.15, 0.2) is 12.1 Å². The number of piperidine rings is 1. The number of carbonyl (C=O) groups is 2. The van der Waals surface area contributed by atoms with E-state index in [2.05, 4.69) is 0 Å². The number of halogens is 3. The van der Waals surface area contributed by atoms with Crippen LogP contribution in [0.5, 0.6) is 0 Å². The van der Waals surface area contributed by atoms with E-state index in [-0.39, 0.29) is 28.6 Å². The third kappa shape index (κ3) is 3.99. The van der Waals surface area contributed by atoms with Gasteiger partial charge in [0, 0.05) is 12.1 Å². The van der Waals surface area contributed by atoms with Gasteiger partial charge in [0.25, 0.3) is 5.91 Å². The summed E-state index contributed by atoms with van der Waals surface area (Å²) in [5.74, 6) is -3.62. The SMILES string of the molecule is CC1CCCC(C)N1C(=O)COC(=O)c1cc(F)c(F)cc1Cl. The molecule has 0 bridgehead atoms. The molecule has 126 valence electrons. The van der Waals surface area contributed by atoms with E-state index < -0.39 is 24.2 Å². The minimum absolute atomic E-state index is 0.0804. The number of esters is 1. The molecule has 0 N–H and O–H groups in total. The van der Waals surface area contributed by atoms with Gasteiger partial charge in [0.15, 0.2) is 18.2 Å². The number of rotatable bonds is 3. The highest BCUT2D eigenvalue weighted by Crippen LogP contribution is 2.23. The average Bonchev–Trinajstić information content (AvgIpc) is 2.48. The van der Waals surface area contributed by atoms with Crippen LogP contribution in [0.25, 0.3) is 0 Å². The number of amides is 1. The maximum Gasteiger partial charge on any atom is 0.340 e. The van der Waals surface area contributed by atoms with Crippen LogP contribution >= 0.6 is 11.6 Å². The largest absolute Gasteiger partial charge is 0.452 e. The Labute approximate surface area is 138 Å². The van der Waals surface area contributed by atoms with E-state index in [9.17, 15) is 18.4 Å². The molecule has 1 fully saturated rings. The number of carbonyl (C=O) groups excluding carboxylic acids is 2. The minimum atomic E-state index is -1.20. The van der Waals surface area contributed by atoms with E-state index in [0.717, 1.165) is 19.3 Å². The van der Waals surface area contributed by atoms with Gasteiger partial charge in [0.05, 0.1) is 10.6 Å². The molecule has 2 atom stereocenters. The molecule has 1 aromatic carbocycles. The van der Waals surface area contributed by atoms with Crippen molar-refractivity contribution in [3.8, 4) is 0 Å². The zero-order valence-corrected chi connectivity index (χ0v) is 13.7. The van der Waals surface area contributed by atoms with Gasteiger partial charge in [-0.15, -0.1) is 0 Å². The molecule has 0 saturated carbocycles. The zero-order valence-electron chi connectivity index (χ0n) is 12.9. The lowest BCUT2D eigenvalue weighted by Gasteiger charge is -2.38. The van der Waals surface area contributed by atoms with Gasteiger partial charge >= 0.3 is 5.97 Å². The molecule has 0 aliphatic carbocycles. The van der Waals surface area contributed by atoms with Crippen molar-refractivity contribution >= 4 is 23.5 Å². The van der Waals surface area contributed by atoms with Gasteiger partial charge in [0.1, 0.15) is 0 Å². The first-order chi connectivity index (χ1) is 10.8. The quantitative estimate of drug-likeness (QED) is 0.621. The van der Waals surface area contributed by atoms with Crippen molar-refractivity contribution in [1.82, 2.24) is 4.90 Å². The van der Waals surface area contributed by atoms with Crippen molar-refractivity contribution in [1.29, 1.82) is 0 Å². The molecule has 0 radical (unpaired) electrons. The van der Waals surface area contributed by atoms with Crippen molar-refractivity contribution in [2.45, 2.75) is 45.2 Å². The Balaban J connectivity index is 2.01. The second-order valence-corrected chi connectivity index (χ2v) is 6.16. The summed E-state index contributed by atoms with van der Waals surface area (Å²) in [6, 6.07) is 1.52. The number of ether oxygens (including phenoxy) is 1. The summed E-state index contributed by atoms with van der Waals surface area (Å²) >= 11 is 5.70. The lowest BCUT2D eigenvalue weighted by atomic mass is 9.97. The van der Waals surface area contributed by atoms with Crippen molar-refractivity contribution in [3.05, 3.63) is 34.4 Å². The molecule has 1 aliphatic rings. The lowest BCUT2D eigenvalue weighted by molar-refractivity contribution is -0.140. The number of hydrogen-bond acceptors (Lipinski definition) is 3. The fourth-order valence-corrected chi connectivity index (χ4v) is 3.10. The first-order valence-electron chi connectivity index (χ1n) is 7.44. The predicted molar refractivity (Wildman–Crippen MR) is 81.3 cm³/mol. The van der Waals surface area contributed by atoms with Gasteiger partial charge in [-0.05, 0) is 45.2 Å². The maximum absolute atomic E-state index is 13.2. The molecular formula is C16H18ClF2NO3. The molecule has 0 spiro atoms. The number of likely N-dealkylation sites (tertiary alicyclic amines) is 1. The van der Waals surface area contributed by atoms with Crippen molar-refractivity contribution in [2.75, 3.05) is 6.61 Å². The van der Waals surface area contributed by atoms with Gasteiger partial charge < -0.3 is 9.64 Å². The highest BCUT2D eigenvalue weighted by molar-refractivity contribution is 6.33. The Hall–Kier alpha value is -1.69. The zero-order chi connectivity index (χ0) is 17.1. The third-order valence-corrected chi connectivity index (χ3v) is 4.35. The van der Waals surface area contributed by atoms with E-state index >= 15 is 0 Å². The Morgan fingerprint density at radius 2 is 1.78 bits per heavy atom. The highest BCUT2D eigenvalue weighted by atomic mass is 35.5. The van der Waals surface area contributed by atoms with Gasteiger partial charge in [0.2, 0.25) is 0 Å². The van der Waals surface area contributed by atoms with Crippen molar-refractivity contribution < 1.29 is 23.1 Å².